The number of aromatic nitrogens is 1. The molecule has 2 aromatic carbocycles. The molecule has 146 valence electrons. The lowest BCUT2D eigenvalue weighted by molar-refractivity contribution is -0.384. The average molecular weight is 408 g/mol. The van der Waals surface area contributed by atoms with E-state index < -0.39 is 4.92 Å². The number of nitriles is 1. The number of aliphatic hydroxyl groups excluding tert-OH is 1. The molecule has 0 atom stereocenters. The van der Waals surface area contributed by atoms with Gasteiger partial charge >= 0.3 is 0 Å². The van der Waals surface area contributed by atoms with Gasteiger partial charge in [0.05, 0.1) is 28.4 Å². The van der Waals surface area contributed by atoms with Crippen molar-refractivity contribution in [3.63, 3.8) is 0 Å². The van der Waals surface area contributed by atoms with Gasteiger partial charge in [-0.1, -0.05) is 12.1 Å². The van der Waals surface area contributed by atoms with E-state index in [2.05, 4.69) is 4.98 Å². The van der Waals surface area contributed by atoms with Crippen molar-refractivity contribution in [2.24, 2.45) is 0 Å². The number of aliphatic hydroxyl groups is 1. The van der Waals surface area contributed by atoms with E-state index in [9.17, 15) is 20.5 Å². The summed E-state index contributed by atoms with van der Waals surface area (Å²) in [6, 6.07) is 13.9. The topological polar surface area (TPSA) is 113 Å². The number of fused-ring (bicyclic) bond motifs is 1. The van der Waals surface area contributed by atoms with E-state index in [0.717, 1.165) is 10.2 Å². The first kappa shape index (κ1) is 18.9. The molecule has 3 aromatic rings. The first-order valence-electron chi connectivity index (χ1n) is 8.89. The summed E-state index contributed by atoms with van der Waals surface area (Å²) in [6.07, 6.45) is 0. The molecular formula is C20H16N4O4S. The Balaban J connectivity index is 1.78. The standard InChI is InChI=1S/C20H16N4O4S/c21-12-14(20-22-15-3-1-2-4-18(15)29-20)19(25)13-5-6-16(17(11-13)24(26)27)23-7-9-28-10-8-23/h1-6,11,25H,7-10H2. The van der Waals surface area contributed by atoms with Crippen LogP contribution in [-0.2, 0) is 4.74 Å². The van der Waals surface area contributed by atoms with Crippen molar-refractivity contribution < 1.29 is 14.8 Å². The number of allylic oxidation sites excluding steroid dienone is 1. The van der Waals surface area contributed by atoms with Gasteiger partial charge in [0.2, 0.25) is 0 Å². The fourth-order valence-electron chi connectivity index (χ4n) is 3.21. The summed E-state index contributed by atoms with van der Waals surface area (Å²) < 4.78 is 6.19. The van der Waals surface area contributed by atoms with Gasteiger partial charge in [0.15, 0.2) is 0 Å². The Hall–Kier alpha value is -3.48. The molecular weight excluding hydrogens is 392 g/mol. The van der Waals surface area contributed by atoms with Crippen LogP contribution in [0.2, 0.25) is 0 Å². The fraction of sp³-hybridized carbons (Fsp3) is 0.200. The zero-order valence-electron chi connectivity index (χ0n) is 15.2. The molecule has 1 fully saturated rings. The number of hydrogen-bond donors (Lipinski definition) is 1. The predicted octanol–water partition coefficient (Wildman–Crippen LogP) is 3.99. The fourth-order valence-corrected chi connectivity index (χ4v) is 4.18. The first-order valence-corrected chi connectivity index (χ1v) is 9.71. The van der Waals surface area contributed by atoms with E-state index in [1.165, 1.54) is 17.4 Å². The molecule has 1 aromatic heterocycles. The third kappa shape index (κ3) is 3.63. The Kier molecular flexibility index (Phi) is 5.12. The summed E-state index contributed by atoms with van der Waals surface area (Å²) in [5.74, 6) is -0.330. The van der Waals surface area contributed by atoms with E-state index >= 15 is 0 Å². The van der Waals surface area contributed by atoms with Crippen LogP contribution in [0.25, 0.3) is 21.5 Å². The minimum Gasteiger partial charge on any atom is -0.506 e. The number of anilines is 1. The van der Waals surface area contributed by atoms with Gasteiger partial charge in [-0.15, -0.1) is 11.3 Å². The molecule has 1 N–H and O–H groups in total. The van der Waals surface area contributed by atoms with Crippen LogP contribution in [-0.4, -0.2) is 41.3 Å². The number of nitrogens with zero attached hydrogens (tertiary/aromatic N) is 4. The third-order valence-electron chi connectivity index (χ3n) is 4.65. The average Bonchev–Trinajstić information content (AvgIpc) is 3.18. The van der Waals surface area contributed by atoms with Crippen LogP contribution in [0, 0.1) is 21.4 Å². The van der Waals surface area contributed by atoms with Gasteiger partial charge in [-0.25, -0.2) is 4.98 Å². The second-order valence-electron chi connectivity index (χ2n) is 6.38. The number of morpholine rings is 1. The van der Waals surface area contributed by atoms with Gasteiger partial charge in [0, 0.05) is 24.7 Å². The minimum atomic E-state index is -0.481. The quantitative estimate of drug-likeness (QED) is 0.300. The Bertz CT molecular complexity index is 1130. The van der Waals surface area contributed by atoms with E-state index in [0.29, 0.717) is 37.0 Å². The zero-order valence-corrected chi connectivity index (χ0v) is 16.1. The van der Waals surface area contributed by atoms with Crippen molar-refractivity contribution in [3.05, 3.63) is 63.1 Å². The van der Waals surface area contributed by atoms with Crippen LogP contribution in [0.3, 0.4) is 0 Å². The number of nitro benzene ring substituents is 1. The van der Waals surface area contributed by atoms with Crippen LogP contribution in [0.15, 0.2) is 42.5 Å². The number of benzene rings is 2. The lowest BCUT2D eigenvalue weighted by Crippen LogP contribution is -2.36. The highest BCUT2D eigenvalue weighted by atomic mass is 32.1. The molecule has 8 nitrogen and oxygen atoms in total. The summed E-state index contributed by atoms with van der Waals surface area (Å²) >= 11 is 1.28. The number of hydrogen-bond acceptors (Lipinski definition) is 8. The highest BCUT2D eigenvalue weighted by Gasteiger charge is 2.24. The van der Waals surface area contributed by atoms with Gasteiger partial charge in [0.1, 0.15) is 28.1 Å². The Morgan fingerprint density at radius 1 is 1.28 bits per heavy atom. The molecule has 4 rings (SSSR count). The molecule has 0 spiro atoms. The van der Waals surface area contributed by atoms with Crippen LogP contribution in [0.4, 0.5) is 11.4 Å². The van der Waals surface area contributed by atoms with Crippen molar-refractivity contribution in [3.8, 4) is 6.07 Å². The summed E-state index contributed by atoms with van der Waals surface area (Å²) in [5.41, 5.74) is 1.25. The van der Waals surface area contributed by atoms with Gasteiger partial charge in [0.25, 0.3) is 5.69 Å². The molecule has 1 aliphatic rings. The van der Waals surface area contributed by atoms with Crippen molar-refractivity contribution in [2.75, 3.05) is 31.2 Å². The lowest BCUT2D eigenvalue weighted by Gasteiger charge is -2.28. The van der Waals surface area contributed by atoms with Gasteiger partial charge in [-0.3, -0.25) is 10.1 Å². The largest absolute Gasteiger partial charge is 0.506 e. The van der Waals surface area contributed by atoms with Gasteiger partial charge < -0.3 is 14.7 Å². The van der Waals surface area contributed by atoms with E-state index in [1.54, 1.807) is 12.1 Å². The maximum absolute atomic E-state index is 11.6. The normalized spacial score (nSPS) is 15.1. The van der Waals surface area contributed by atoms with Crippen LogP contribution < -0.4 is 4.90 Å². The van der Waals surface area contributed by atoms with Crippen LogP contribution in [0.5, 0.6) is 0 Å². The SMILES string of the molecule is N#CC(=C(O)c1ccc(N2CCOCC2)c([N+](=O)[O-])c1)c1nc2ccccc2s1. The number of thiazole rings is 1. The molecule has 2 heterocycles. The van der Waals surface area contributed by atoms with Crippen LogP contribution >= 0.6 is 11.3 Å². The summed E-state index contributed by atoms with van der Waals surface area (Å²) in [4.78, 5) is 17.4. The molecule has 0 aliphatic carbocycles. The zero-order chi connectivity index (χ0) is 20.4. The maximum atomic E-state index is 11.6. The maximum Gasteiger partial charge on any atom is 0.293 e. The molecule has 1 saturated heterocycles. The molecule has 0 unspecified atom stereocenters. The van der Waals surface area contributed by atoms with E-state index in [4.69, 9.17) is 4.74 Å². The highest BCUT2D eigenvalue weighted by Crippen LogP contribution is 2.35. The smallest absolute Gasteiger partial charge is 0.293 e. The Labute approximate surface area is 170 Å². The highest BCUT2D eigenvalue weighted by molar-refractivity contribution is 7.19. The van der Waals surface area contributed by atoms with Crippen molar-refractivity contribution >= 4 is 44.3 Å². The minimum absolute atomic E-state index is 0.0142. The van der Waals surface area contributed by atoms with E-state index in [1.807, 2.05) is 35.2 Å². The molecule has 0 bridgehead atoms. The second kappa shape index (κ2) is 7.87. The Morgan fingerprint density at radius 2 is 2.03 bits per heavy atom. The summed E-state index contributed by atoms with van der Waals surface area (Å²) in [6.45, 7) is 2.11. The third-order valence-corrected chi connectivity index (χ3v) is 5.71. The number of rotatable bonds is 4. The monoisotopic (exact) mass is 408 g/mol. The molecule has 29 heavy (non-hydrogen) atoms. The van der Waals surface area contributed by atoms with Gasteiger partial charge in [-0.05, 0) is 24.3 Å². The Morgan fingerprint density at radius 3 is 2.72 bits per heavy atom. The number of nitro groups is 1. The van der Waals surface area contributed by atoms with Crippen molar-refractivity contribution in [1.29, 1.82) is 5.26 Å². The summed E-state index contributed by atoms with van der Waals surface area (Å²) in [5, 5.41) is 32.4. The molecule has 1 aliphatic heterocycles. The molecule has 0 amide bonds. The first-order chi connectivity index (χ1) is 14.1. The number of ether oxygens (including phenoxy) is 1. The lowest BCUT2D eigenvalue weighted by atomic mass is 10.1. The van der Waals surface area contributed by atoms with Crippen molar-refractivity contribution in [1.82, 2.24) is 4.98 Å². The molecule has 9 heteroatoms. The molecule has 0 saturated carbocycles. The predicted molar refractivity (Wildman–Crippen MR) is 111 cm³/mol. The van der Waals surface area contributed by atoms with Gasteiger partial charge in [-0.2, -0.15) is 5.26 Å². The van der Waals surface area contributed by atoms with Crippen LogP contribution in [0.1, 0.15) is 10.6 Å². The second-order valence-corrected chi connectivity index (χ2v) is 7.41. The molecule has 0 radical (unpaired) electrons. The summed E-state index contributed by atoms with van der Waals surface area (Å²) in [7, 11) is 0. The van der Waals surface area contributed by atoms with Crippen molar-refractivity contribution in [2.45, 2.75) is 0 Å². The number of para-hydroxylation sites is 1. The van der Waals surface area contributed by atoms with E-state index in [-0.39, 0.29) is 22.6 Å².